The van der Waals surface area contributed by atoms with Gasteiger partial charge in [-0.15, -0.1) is 0 Å². The Labute approximate surface area is 111 Å². The highest BCUT2D eigenvalue weighted by Gasteiger charge is 2.16. The van der Waals surface area contributed by atoms with Crippen molar-refractivity contribution < 1.29 is 19.1 Å². The van der Waals surface area contributed by atoms with E-state index < -0.39 is 12.0 Å². The number of hydrogen-bond donors (Lipinski definition) is 2. The molecule has 6 heteroatoms. The van der Waals surface area contributed by atoms with Crippen LogP contribution in [0.3, 0.4) is 0 Å². The van der Waals surface area contributed by atoms with Gasteiger partial charge in [-0.2, -0.15) is 0 Å². The molecule has 104 valence electrons. The molecule has 2 N–H and O–H groups in total. The average molecular weight is 268 g/mol. The van der Waals surface area contributed by atoms with Gasteiger partial charge < -0.3 is 15.3 Å². The van der Waals surface area contributed by atoms with Gasteiger partial charge in [0, 0.05) is 12.2 Å². The molecule has 0 aliphatic heterocycles. The molecule has 0 spiro atoms. The molecule has 0 aliphatic carbocycles. The van der Waals surface area contributed by atoms with E-state index in [1.54, 1.807) is 6.92 Å². The summed E-state index contributed by atoms with van der Waals surface area (Å²) in [4.78, 5) is 23.8. The Balaban J connectivity index is 2.74. The van der Waals surface area contributed by atoms with E-state index in [2.05, 4.69) is 5.32 Å². The number of hydrogen-bond acceptors (Lipinski definition) is 2. The van der Waals surface area contributed by atoms with Crippen molar-refractivity contribution in [2.45, 2.75) is 20.3 Å². The van der Waals surface area contributed by atoms with Gasteiger partial charge in [-0.3, -0.25) is 4.79 Å². The largest absolute Gasteiger partial charge is 0.480 e. The molecule has 0 bridgehead atoms. The van der Waals surface area contributed by atoms with Gasteiger partial charge in [0.2, 0.25) is 0 Å². The fourth-order valence-electron chi connectivity index (χ4n) is 1.61. The zero-order valence-electron chi connectivity index (χ0n) is 10.9. The molecule has 1 aromatic carbocycles. The van der Waals surface area contributed by atoms with Gasteiger partial charge in [0.15, 0.2) is 0 Å². The fraction of sp³-hybridized carbons (Fsp3) is 0.385. The molecule has 0 unspecified atom stereocenters. The van der Waals surface area contributed by atoms with Crippen LogP contribution in [0.5, 0.6) is 0 Å². The number of amides is 2. The summed E-state index contributed by atoms with van der Waals surface area (Å²) in [5.74, 6) is -1.42. The number of benzene rings is 1. The molecule has 0 fully saturated rings. The molecule has 0 heterocycles. The van der Waals surface area contributed by atoms with Crippen molar-refractivity contribution in [2.75, 3.05) is 18.4 Å². The van der Waals surface area contributed by atoms with Crippen molar-refractivity contribution in [2.24, 2.45) is 0 Å². The smallest absolute Gasteiger partial charge is 0.323 e. The van der Waals surface area contributed by atoms with Crippen LogP contribution in [0.2, 0.25) is 0 Å². The molecule has 2 amide bonds. The molecule has 5 nitrogen and oxygen atoms in total. The number of nitrogens with one attached hydrogen (secondary N) is 1. The van der Waals surface area contributed by atoms with Crippen molar-refractivity contribution in [1.29, 1.82) is 0 Å². The summed E-state index contributed by atoms with van der Waals surface area (Å²) in [6.45, 7) is 3.42. The van der Waals surface area contributed by atoms with E-state index in [0.29, 0.717) is 24.2 Å². The van der Waals surface area contributed by atoms with Gasteiger partial charge in [0.25, 0.3) is 0 Å². The molecule has 0 saturated carbocycles. The molecule has 0 saturated heterocycles. The zero-order valence-corrected chi connectivity index (χ0v) is 10.9. The maximum absolute atomic E-state index is 13.1. The summed E-state index contributed by atoms with van der Waals surface area (Å²) >= 11 is 0. The normalized spacial score (nSPS) is 10.1. The van der Waals surface area contributed by atoms with Gasteiger partial charge in [-0.25, -0.2) is 9.18 Å². The van der Waals surface area contributed by atoms with E-state index in [-0.39, 0.29) is 12.4 Å². The predicted octanol–water partition coefficient (Wildman–Crippen LogP) is 2.46. The highest BCUT2D eigenvalue weighted by atomic mass is 19.1. The molecule has 1 aromatic rings. The molecular formula is C13H17FN2O3. The minimum absolute atomic E-state index is 0.346. The Kier molecular flexibility index (Phi) is 5.29. The number of carboxylic acid groups (broad SMARTS) is 1. The first-order chi connectivity index (χ1) is 8.93. The molecule has 0 aromatic heterocycles. The average Bonchev–Trinajstić information content (AvgIpc) is 2.33. The highest BCUT2D eigenvalue weighted by molar-refractivity contribution is 5.91. The Morgan fingerprint density at radius 2 is 2.11 bits per heavy atom. The summed E-state index contributed by atoms with van der Waals surface area (Å²) in [6.07, 6.45) is 0.656. The van der Waals surface area contributed by atoms with Crippen molar-refractivity contribution in [3.63, 3.8) is 0 Å². The lowest BCUT2D eigenvalue weighted by Crippen LogP contribution is -2.39. The molecule has 0 radical (unpaired) electrons. The molecule has 1 rings (SSSR count). The molecule has 0 aliphatic rings. The second-order valence-corrected chi connectivity index (χ2v) is 4.21. The Hall–Kier alpha value is -2.11. The summed E-state index contributed by atoms with van der Waals surface area (Å²) in [6, 6.07) is 3.69. The summed E-state index contributed by atoms with van der Waals surface area (Å²) in [7, 11) is 0. The lowest BCUT2D eigenvalue weighted by molar-refractivity contribution is -0.137. The first kappa shape index (κ1) is 14.9. The van der Waals surface area contributed by atoms with Crippen LogP contribution in [0, 0.1) is 12.7 Å². The summed E-state index contributed by atoms with van der Waals surface area (Å²) < 4.78 is 13.1. The maximum atomic E-state index is 13.1. The lowest BCUT2D eigenvalue weighted by Gasteiger charge is -2.20. The first-order valence-electron chi connectivity index (χ1n) is 5.98. The molecule has 0 atom stereocenters. The highest BCUT2D eigenvalue weighted by Crippen LogP contribution is 2.14. The third kappa shape index (κ3) is 4.57. The van der Waals surface area contributed by atoms with Crippen LogP contribution in [0.15, 0.2) is 18.2 Å². The van der Waals surface area contributed by atoms with Crippen LogP contribution < -0.4 is 5.32 Å². The van der Waals surface area contributed by atoms with Gasteiger partial charge in [-0.05, 0) is 37.1 Å². The van der Waals surface area contributed by atoms with Crippen LogP contribution >= 0.6 is 0 Å². The number of rotatable bonds is 5. The van der Waals surface area contributed by atoms with Gasteiger partial charge in [0.1, 0.15) is 12.4 Å². The van der Waals surface area contributed by atoms with E-state index >= 15 is 0 Å². The second kappa shape index (κ2) is 6.72. The van der Waals surface area contributed by atoms with Crippen LogP contribution in [-0.2, 0) is 4.79 Å². The van der Waals surface area contributed by atoms with Gasteiger partial charge >= 0.3 is 12.0 Å². The number of urea groups is 1. The predicted molar refractivity (Wildman–Crippen MR) is 69.7 cm³/mol. The third-order valence-corrected chi connectivity index (χ3v) is 2.52. The number of nitrogens with zero attached hydrogens (tertiary/aromatic N) is 1. The number of aryl methyl sites for hydroxylation is 1. The Bertz CT molecular complexity index is 477. The first-order valence-corrected chi connectivity index (χ1v) is 5.98. The fourth-order valence-corrected chi connectivity index (χ4v) is 1.61. The van der Waals surface area contributed by atoms with E-state index in [1.165, 1.54) is 23.1 Å². The Morgan fingerprint density at radius 1 is 1.42 bits per heavy atom. The second-order valence-electron chi connectivity index (χ2n) is 4.21. The number of halogens is 1. The molecular weight excluding hydrogens is 251 g/mol. The number of carbonyl (C=O) groups is 2. The molecule has 19 heavy (non-hydrogen) atoms. The topological polar surface area (TPSA) is 69.6 Å². The minimum atomic E-state index is -1.07. The zero-order chi connectivity index (χ0) is 14.4. The van der Waals surface area contributed by atoms with Crippen LogP contribution in [-0.4, -0.2) is 35.1 Å². The van der Waals surface area contributed by atoms with Crippen molar-refractivity contribution in [1.82, 2.24) is 4.90 Å². The number of anilines is 1. The number of aliphatic carboxylic acids is 1. The van der Waals surface area contributed by atoms with Crippen molar-refractivity contribution >= 4 is 17.7 Å². The summed E-state index contributed by atoms with van der Waals surface area (Å²) in [5.41, 5.74) is 0.855. The minimum Gasteiger partial charge on any atom is -0.480 e. The van der Waals surface area contributed by atoms with E-state index in [0.717, 1.165) is 0 Å². The van der Waals surface area contributed by atoms with Crippen LogP contribution in [0.4, 0.5) is 14.9 Å². The summed E-state index contributed by atoms with van der Waals surface area (Å²) in [5, 5.41) is 11.3. The number of carboxylic acids is 1. The monoisotopic (exact) mass is 268 g/mol. The maximum Gasteiger partial charge on any atom is 0.323 e. The van der Waals surface area contributed by atoms with Gasteiger partial charge in [0.05, 0.1) is 0 Å². The van der Waals surface area contributed by atoms with E-state index in [1.807, 2.05) is 6.92 Å². The van der Waals surface area contributed by atoms with E-state index in [9.17, 15) is 14.0 Å². The van der Waals surface area contributed by atoms with Crippen molar-refractivity contribution in [3.8, 4) is 0 Å². The van der Waals surface area contributed by atoms with Crippen LogP contribution in [0.1, 0.15) is 18.9 Å². The number of carbonyl (C=O) groups excluding carboxylic acids is 1. The SMILES string of the molecule is CCCN(CC(=O)O)C(=O)Nc1ccc(F)c(C)c1. The quantitative estimate of drug-likeness (QED) is 0.861. The standard InChI is InChI=1S/C13H17FN2O3/c1-3-6-16(8-12(17)18)13(19)15-10-4-5-11(14)9(2)7-10/h4-5,7H,3,6,8H2,1-2H3,(H,15,19)(H,17,18). The lowest BCUT2D eigenvalue weighted by atomic mass is 10.2. The Morgan fingerprint density at radius 3 is 2.63 bits per heavy atom. The van der Waals surface area contributed by atoms with E-state index in [4.69, 9.17) is 5.11 Å². The van der Waals surface area contributed by atoms with Crippen molar-refractivity contribution in [3.05, 3.63) is 29.6 Å². The third-order valence-electron chi connectivity index (χ3n) is 2.52. The van der Waals surface area contributed by atoms with Gasteiger partial charge in [-0.1, -0.05) is 6.92 Å². The van der Waals surface area contributed by atoms with Crippen LogP contribution in [0.25, 0.3) is 0 Å².